The molecule has 0 aliphatic carbocycles. The highest BCUT2D eigenvalue weighted by atomic mass is 32.1. The van der Waals surface area contributed by atoms with Crippen LogP contribution in [0.5, 0.6) is 0 Å². The van der Waals surface area contributed by atoms with E-state index in [1.54, 1.807) is 0 Å². The molecular weight excluding hydrogens is 270 g/mol. The summed E-state index contributed by atoms with van der Waals surface area (Å²) in [5.41, 5.74) is 11.2. The predicted octanol–water partition coefficient (Wildman–Crippen LogP) is 2.51. The van der Waals surface area contributed by atoms with Crippen molar-refractivity contribution < 1.29 is 0 Å². The van der Waals surface area contributed by atoms with Gasteiger partial charge in [0.05, 0.1) is 23.3 Å². The van der Waals surface area contributed by atoms with Crippen LogP contribution in [0.2, 0.25) is 0 Å². The SMILES string of the molecule is Cc1ccc2[nH]c(CNCc3csc(N)n3)nc2c1C. The van der Waals surface area contributed by atoms with E-state index in [1.807, 2.05) is 5.38 Å². The minimum Gasteiger partial charge on any atom is -0.375 e. The fourth-order valence-corrected chi connectivity index (χ4v) is 2.72. The normalized spacial score (nSPS) is 11.3. The minimum atomic E-state index is 0.608. The molecule has 2 aromatic heterocycles. The fourth-order valence-electron chi connectivity index (χ4n) is 2.16. The van der Waals surface area contributed by atoms with Gasteiger partial charge in [0.1, 0.15) is 5.82 Å². The summed E-state index contributed by atoms with van der Waals surface area (Å²) in [6, 6.07) is 4.19. The van der Waals surface area contributed by atoms with Crippen molar-refractivity contribution in [3.63, 3.8) is 0 Å². The standard InChI is InChI=1S/C14H17N5S/c1-8-3-4-11-13(9(8)2)19-12(18-11)6-16-5-10-7-20-14(15)17-10/h3-4,7,16H,5-6H2,1-2H3,(H2,15,17)(H,18,19). The van der Waals surface area contributed by atoms with Crippen LogP contribution in [0.3, 0.4) is 0 Å². The molecule has 0 saturated heterocycles. The van der Waals surface area contributed by atoms with E-state index in [-0.39, 0.29) is 0 Å². The topological polar surface area (TPSA) is 79.6 Å². The van der Waals surface area contributed by atoms with Crippen molar-refractivity contribution in [2.24, 2.45) is 0 Å². The first-order valence-electron chi connectivity index (χ1n) is 6.49. The third-order valence-corrected chi connectivity index (χ3v) is 4.12. The molecule has 3 rings (SSSR count). The molecule has 0 atom stereocenters. The van der Waals surface area contributed by atoms with Gasteiger partial charge in [0, 0.05) is 11.9 Å². The fraction of sp³-hybridized carbons (Fsp3) is 0.286. The van der Waals surface area contributed by atoms with Crippen molar-refractivity contribution in [1.82, 2.24) is 20.3 Å². The predicted molar refractivity (Wildman–Crippen MR) is 82.6 cm³/mol. The molecule has 0 aliphatic heterocycles. The molecule has 4 N–H and O–H groups in total. The van der Waals surface area contributed by atoms with Gasteiger partial charge in [0.25, 0.3) is 0 Å². The molecule has 104 valence electrons. The van der Waals surface area contributed by atoms with Crippen LogP contribution in [0.15, 0.2) is 17.5 Å². The summed E-state index contributed by atoms with van der Waals surface area (Å²) in [6.45, 7) is 5.59. The Bertz CT molecular complexity index is 743. The molecular formula is C14H17N5S. The van der Waals surface area contributed by atoms with Gasteiger partial charge < -0.3 is 16.0 Å². The van der Waals surface area contributed by atoms with Crippen molar-refractivity contribution >= 4 is 27.5 Å². The summed E-state index contributed by atoms with van der Waals surface area (Å²) in [6.07, 6.45) is 0. The maximum atomic E-state index is 5.60. The number of aromatic amines is 1. The second kappa shape index (κ2) is 5.22. The summed E-state index contributed by atoms with van der Waals surface area (Å²) in [7, 11) is 0. The van der Waals surface area contributed by atoms with Gasteiger partial charge in [-0.15, -0.1) is 11.3 Å². The average molecular weight is 287 g/mol. The van der Waals surface area contributed by atoms with E-state index in [0.717, 1.165) is 22.6 Å². The van der Waals surface area contributed by atoms with Gasteiger partial charge in [-0.2, -0.15) is 0 Å². The summed E-state index contributed by atoms with van der Waals surface area (Å²) in [5, 5.41) is 5.90. The van der Waals surface area contributed by atoms with Crippen molar-refractivity contribution in [1.29, 1.82) is 0 Å². The molecule has 0 fully saturated rings. The number of imidazole rings is 1. The first-order chi connectivity index (χ1) is 9.63. The molecule has 0 amide bonds. The van der Waals surface area contributed by atoms with Crippen LogP contribution in [0.25, 0.3) is 11.0 Å². The molecule has 2 heterocycles. The minimum absolute atomic E-state index is 0.608. The lowest BCUT2D eigenvalue weighted by molar-refractivity contribution is 0.662. The smallest absolute Gasteiger partial charge is 0.180 e. The number of benzene rings is 1. The van der Waals surface area contributed by atoms with Gasteiger partial charge in [-0.3, -0.25) is 0 Å². The Morgan fingerprint density at radius 2 is 2.10 bits per heavy atom. The molecule has 0 aliphatic rings. The van der Waals surface area contributed by atoms with Crippen LogP contribution in [0.4, 0.5) is 5.13 Å². The number of anilines is 1. The van der Waals surface area contributed by atoms with Crippen molar-refractivity contribution in [2.75, 3.05) is 5.73 Å². The lowest BCUT2D eigenvalue weighted by Gasteiger charge is -1.99. The molecule has 0 spiro atoms. The largest absolute Gasteiger partial charge is 0.375 e. The highest BCUT2D eigenvalue weighted by Gasteiger charge is 2.07. The zero-order valence-electron chi connectivity index (χ0n) is 11.5. The molecule has 0 bridgehead atoms. The number of rotatable bonds is 4. The highest BCUT2D eigenvalue weighted by molar-refractivity contribution is 7.13. The van der Waals surface area contributed by atoms with Crippen molar-refractivity contribution in [3.8, 4) is 0 Å². The van der Waals surface area contributed by atoms with Crippen LogP contribution in [0, 0.1) is 13.8 Å². The van der Waals surface area contributed by atoms with E-state index in [2.05, 4.69) is 46.2 Å². The third kappa shape index (κ3) is 2.52. The van der Waals surface area contributed by atoms with Gasteiger partial charge in [-0.1, -0.05) is 6.07 Å². The molecule has 0 radical (unpaired) electrons. The molecule has 1 aromatic carbocycles. The van der Waals surface area contributed by atoms with Gasteiger partial charge >= 0.3 is 0 Å². The lowest BCUT2D eigenvalue weighted by atomic mass is 10.1. The number of H-pyrrole nitrogens is 1. The Hall–Kier alpha value is -1.92. The van der Waals surface area contributed by atoms with Crippen molar-refractivity contribution in [3.05, 3.63) is 40.2 Å². The summed E-state index contributed by atoms with van der Waals surface area (Å²) < 4.78 is 0. The summed E-state index contributed by atoms with van der Waals surface area (Å²) >= 11 is 1.46. The Balaban J connectivity index is 1.70. The summed E-state index contributed by atoms with van der Waals surface area (Å²) in [4.78, 5) is 12.2. The van der Waals surface area contributed by atoms with Gasteiger partial charge in [-0.25, -0.2) is 9.97 Å². The second-order valence-electron chi connectivity index (χ2n) is 4.87. The monoisotopic (exact) mass is 287 g/mol. The molecule has 0 saturated carbocycles. The Morgan fingerprint density at radius 3 is 2.85 bits per heavy atom. The highest BCUT2D eigenvalue weighted by Crippen LogP contribution is 2.19. The molecule has 20 heavy (non-hydrogen) atoms. The number of thiazole rings is 1. The maximum absolute atomic E-state index is 5.60. The van der Waals surface area contributed by atoms with E-state index in [9.17, 15) is 0 Å². The molecule has 0 unspecified atom stereocenters. The van der Waals surface area contributed by atoms with E-state index in [0.29, 0.717) is 18.2 Å². The van der Waals surface area contributed by atoms with E-state index in [1.165, 1.54) is 22.5 Å². The average Bonchev–Trinajstić information content (AvgIpc) is 3.01. The van der Waals surface area contributed by atoms with Crippen LogP contribution >= 0.6 is 11.3 Å². The Kier molecular flexibility index (Phi) is 3.42. The molecule has 5 nitrogen and oxygen atoms in total. The Morgan fingerprint density at radius 1 is 1.25 bits per heavy atom. The first kappa shape index (κ1) is 13.1. The second-order valence-corrected chi connectivity index (χ2v) is 5.76. The van der Waals surface area contributed by atoms with Crippen LogP contribution < -0.4 is 11.1 Å². The van der Waals surface area contributed by atoms with Crippen LogP contribution in [-0.2, 0) is 13.1 Å². The number of nitrogen functional groups attached to an aromatic ring is 1. The Labute approximate surface area is 121 Å². The van der Waals surface area contributed by atoms with Crippen LogP contribution in [-0.4, -0.2) is 15.0 Å². The summed E-state index contributed by atoms with van der Waals surface area (Å²) in [5.74, 6) is 0.942. The van der Waals surface area contributed by atoms with Gasteiger partial charge in [-0.05, 0) is 31.0 Å². The van der Waals surface area contributed by atoms with Gasteiger partial charge in [0.15, 0.2) is 5.13 Å². The first-order valence-corrected chi connectivity index (χ1v) is 7.37. The van der Waals surface area contributed by atoms with E-state index in [4.69, 9.17) is 5.73 Å². The number of nitrogens with one attached hydrogen (secondary N) is 2. The number of hydrogen-bond donors (Lipinski definition) is 3. The molecule has 3 aromatic rings. The number of nitrogens with zero attached hydrogens (tertiary/aromatic N) is 2. The van der Waals surface area contributed by atoms with Gasteiger partial charge in [0.2, 0.25) is 0 Å². The number of nitrogens with two attached hydrogens (primary N) is 1. The van der Waals surface area contributed by atoms with Crippen molar-refractivity contribution in [2.45, 2.75) is 26.9 Å². The number of hydrogen-bond acceptors (Lipinski definition) is 5. The quantitative estimate of drug-likeness (QED) is 0.689. The number of aryl methyl sites for hydroxylation is 2. The van der Waals surface area contributed by atoms with Crippen LogP contribution in [0.1, 0.15) is 22.6 Å². The van der Waals surface area contributed by atoms with E-state index < -0.39 is 0 Å². The van der Waals surface area contributed by atoms with E-state index >= 15 is 0 Å². The lowest BCUT2D eigenvalue weighted by Crippen LogP contribution is -2.13. The molecule has 6 heteroatoms. The third-order valence-electron chi connectivity index (χ3n) is 3.40. The zero-order chi connectivity index (χ0) is 14.1. The number of fused-ring (bicyclic) bond motifs is 1. The zero-order valence-corrected chi connectivity index (χ0v) is 12.3. The maximum Gasteiger partial charge on any atom is 0.180 e. The number of aromatic nitrogens is 3.